The zero-order valence-corrected chi connectivity index (χ0v) is 5.06. The predicted molar refractivity (Wildman–Crippen MR) is 32.7 cm³/mol. The molecule has 8 heavy (non-hydrogen) atoms. The average Bonchev–Trinajstić information content (AvgIpc) is 1.94. The molecule has 0 saturated heterocycles. The van der Waals surface area contributed by atoms with Crippen LogP contribution in [0.3, 0.4) is 0 Å². The SMILES string of the molecule is ClC1=NOC=CCC1. The van der Waals surface area contributed by atoms with Gasteiger partial charge in [0, 0.05) is 6.42 Å². The van der Waals surface area contributed by atoms with Gasteiger partial charge in [0.05, 0.1) is 0 Å². The van der Waals surface area contributed by atoms with Gasteiger partial charge in [0.1, 0.15) is 11.4 Å². The first-order valence-electron chi connectivity index (χ1n) is 2.43. The third kappa shape index (κ3) is 1.54. The van der Waals surface area contributed by atoms with Crippen LogP contribution in [0.4, 0.5) is 0 Å². The van der Waals surface area contributed by atoms with Crippen LogP contribution >= 0.6 is 11.6 Å². The van der Waals surface area contributed by atoms with Crippen molar-refractivity contribution in [3.63, 3.8) is 0 Å². The summed E-state index contributed by atoms with van der Waals surface area (Å²) >= 11 is 5.51. The monoisotopic (exact) mass is 131 g/mol. The molecule has 1 rings (SSSR count). The highest BCUT2D eigenvalue weighted by molar-refractivity contribution is 6.65. The van der Waals surface area contributed by atoms with E-state index in [2.05, 4.69) is 9.99 Å². The Morgan fingerprint density at radius 1 is 1.75 bits per heavy atom. The molecule has 0 radical (unpaired) electrons. The van der Waals surface area contributed by atoms with Gasteiger partial charge in [-0.15, -0.1) is 0 Å². The van der Waals surface area contributed by atoms with E-state index in [1.807, 2.05) is 6.08 Å². The van der Waals surface area contributed by atoms with Crippen molar-refractivity contribution in [3.05, 3.63) is 12.3 Å². The standard InChI is InChI=1S/C5H6ClNO/c6-5-3-1-2-4-8-7-5/h2,4H,1,3H2. The zero-order chi connectivity index (χ0) is 5.82. The van der Waals surface area contributed by atoms with E-state index in [4.69, 9.17) is 11.6 Å². The van der Waals surface area contributed by atoms with E-state index in [0.29, 0.717) is 5.17 Å². The van der Waals surface area contributed by atoms with Crippen molar-refractivity contribution >= 4 is 16.8 Å². The molecule has 44 valence electrons. The third-order valence-electron chi connectivity index (χ3n) is 0.826. The maximum atomic E-state index is 5.51. The summed E-state index contributed by atoms with van der Waals surface area (Å²) in [6.07, 6.45) is 5.13. The number of rotatable bonds is 0. The molecule has 3 heteroatoms. The number of halogens is 1. The van der Waals surface area contributed by atoms with Crippen LogP contribution in [0.2, 0.25) is 0 Å². The predicted octanol–water partition coefficient (Wildman–Crippen LogP) is 1.86. The molecule has 2 nitrogen and oxygen atoms in total. The van der Waals surface area contributed by atoms with Gasteiger partial charge in [0.2, 0.25) is 0 Å². The van der Waals surface area contributed by atoms with Crippen molar-refractivity contribution in [1.82, 2.24) is 0 Å². The Morgan fingerprint density at radius 2 is 2.62 bits per heavy atom. The molecule has 1 aliphatic heterocycles. The smallest absolute Gasteiger partial charge is 0.146 e. The van der Waals surface area contributed by atoms with Gasteiger partial charge in [-0.2, -0.15) is 0 Å². The van der Waals surface area contributed by atoms with Crippen LogP contribution in [-0.4, -0.2) is 5.17 Å². The summed E-state index contributed by atoms with van der Waals surface area (Å²) in [5.74, 6) is 0. The summed E-state index contributed by atoms with van der Waals surface area (Å²) < 4.78 is 0. The minimum absolute atomic E-state index is 0.537. The molecule has 0 bridgehead atoms. The lowest BCUT2D eigenvalue weighted by Gasteiger charge is -1.85. The van der Waals surface area contributed by atoms with Crippen LogP contribution in [0.15, 0.2) is 17.5 Å². The highest BCUT2D eigenvalue weighted by atomic mass is 35.5. The Bertz CT molecular complexity index is 130. The summed E-state index contributed by atoms with van der Waals surface area (Å²) in [5.41, 5.74) is 0. The quantitative estimate of drug-likeness (QED) is 0.492. The minimum Gasteiger partial charge on any atom is -0.364 e. The van der Waals surface area contributed by atoms with E-state index < -0.39 is 0 Å². The van der Waals surface area contributed by atoms with Crippen molar-refractivity contribution in [1.29, 1.82) is 0 Å². The fourth-order valence-electron chi connectivity index (χ4n) is 0.447. The van der Waals surface area contributed by atoms with Gasteiger partial charge in [-0.25, -0.2) is 0 Å². The summed E-state index contributed by atoms with van der Waals surface area (Å²) in [4.78, 5) is 4.58. The number of nitrogens with zero attached hydrogens (tertiary/aromatic N) is 1. The van der Waals surface area contributed by atoms with Gasteiger partial charge in [0.15, 0.2) is 0 Å². The molecular weight excluding hydrogens is 126 g/mol. The normalized spacial score (nSPS) is 18.9. The lowest BCUT2D eigenvalue weighted by Crippen LogP contribution is -1.82. The number of hydrogen-bond acceptors (Lipinski definition) is 2. The summed E-state index contributed by atoms with van der Waals surface area (Å²) in [6, 6.07) is 0. The first-order chi connectivity index (χ1) is 3.89. The second kappa shape index (κ2) is 2.72. The van der Waals surface area contributed by atoms with E-state index in [1.165, 1.54) is 6.26 Å². The van der Waals surface area contributed by atoms with Crippen LogP contribution in [0.25, 0.3) is 0 Å². The highest BCUT2D eigenvalue weighted by Crippen LogP contribution is 2.03. The number of allylic oxidation sites excluding steroid dienone is 1. The van der Waals surface area contributed by atoms with E-state index in [1.54, 1.807) is 0 Å². The van der Waals surface area contributed by atoms with Crippen LogP contribution < -0.4 is 0 Å². The Morgan fingerprint density at radius 3 is 3.50 bits per heavy atom. The van der Waals surface area contributed by atoms with Crippen LogP contribution in [0.5, 0.6) is 0 Å². The summed E-state index contributed by atoms with van der Waals surface area (Å²) in [7, 11) is 0. The molecule has 0 spiro atoms. The summed E-state index contributed by atoms with van der Waals surface area (Å²) in [6.45, 7) is 0. The van der Waals surface area contributed by atoms with E-state index in [0.717, 1.165) is 12.8 Å². The van der Waals surface area contributed by atoms with Crippen molar-refractivity contribution in [2.75, 3.05) is 0 Å². The van der Waals surface area contributed by atoms with Crippen molar-refractivity contribution in [2.24, 2.45) is 5.16 Å². The second-order valence-electron chi connectivity index (χ2n) is 1.48. The minimum atomic E-state index is 0.537. The van der Waals surface area contributed by atoms with Crippen molar-refractivity contribution in [2.45, 2.75) is 12.8 Å². The maximum Gasteiger partial charge on any atom is 0.146 e. The van der Waals surface area contributed by atoms with Crippen LogP contribution in [-0.2, 0) is 4.84 Å². The molecule has 1 heterocycles. The van der Waals surface area contributed by atoms with Crippen molar-refractivity contribution in [3.8, 4) is 0 Å². The summed E-state index contributed by atoms with van der Waals surface area (Å²) in [5, 5.41) is 4.06. The van der Waals surface area contributed by atoms with Crippen LogP contribution in [0, 0.1) is 0 Å². The third-order valence-corrected chi connectivity index (χ3v) is 1.08. The Labute approximate surface area is 52.8 Å². The number of hydrogen-bond donors (Lipinski definition) is 0. The zero-order valence-electron chi connectivity index (χ0n) is 4.30. The van der Waals surface area contributed by atoms with Gasteiger partial charge in [-0.1, -0.05) is 16.8 Å². The first-order valence-corrected chi connectivity index (χ1v) is 2.80. The van der Waals surface area contributed by atoms with Gasteiger partial charge in [-0.05, 0) is 12.5 Å². The maximum absolute atomic E-state index is 5.51. The van der Waals surface area contributed by atoms with E-state index in [9.17, 15) is 0 Å². The second-order valence-corrected chi connectivity index (χ2v) is 1.92. The lowest BCUT2D eigenvalue weighted by atomic mass is 10.3. The molecule has 0 aliphatic carbocycles. The molecule has 0 unspecified atom stereocenters. The topological polar surface area (TPSA) is 21.6 Å². The van der Waals surface area contributed by atoms with Gasteiger partial charge < -0.3 is 4.84 Å². The molecule has 0 atom stereocenters. The molecule has 0 aromatic carbocycles. The number of oxime groups is 1. The molecule has 0 saturated carbocycles. The van der Waals surface area contributed by atoms with Crippen molar-refractivity contribution < 1.29 is 4.84 Å². The molecule has 0 aromatic rings. The van der Waals surface area contributed by atoms with Crippen LogP contribution in [0.1, 0.15) is 12.8 Å². The van der Waals surface area contributed by atoms with Gasteiger partial charge in [-0.3, -0.25) is 0 Å². The fraction of sp³-hybridized carbons (Fsp3) is 0.400. The Balaban J connectivity index is 2.48. The molecule has 0 fully saturated rings. The molecule has 0 aromatic heterocycles. The Kier molecular flexibility index (Phi) is 1.92. The van der Waals surface area contributed by atoms with Gasteiger partial charge in [0.25, 0.3) is 0 Å². The first kappa shape index (κ1) is 5.63. The van der Waals surface area contributed by atoms with E-state index >= 15 is 0 Å². The molecule has 1 aliphatic rings. The molecule has 0 N–H and O–H groups in total. The fourth-order valence-corrected chi connectivity index (χ4v) is 0.596. The molecular formula is C5H6ClNO. The largest absolute Gasteiger partial charge is 0.364 e. The average molecular weight is 132 g/mol. The molecule has 0 amide bonds. The lowest BCUT2D eigenvalue weighted by molar-refractivity contribution is 0.270. The van der Waals surface area contributed by atoms with E-state index in [-0.39, 0.29) is 0 Å². The van der Waals surface area contributed by atoms with Gasteiger partial charge >= 0.3 is 0 Å². The Hall–Kier alpha value is -0.500. The highest BCUT2D eigenvalue weighted by Gasteiger charge is 1.94.